The largest absolute Gasteiger partial charge is 0.506 e. The SMILES string of the molecule is CN(C)C/C=C/C(=O)Nc1cc2c(Nc3ccc(OCc4ccc(Cl)cc4)c(Cl)c3)c(C#N)cnc2cc1O. The Morgan fingerprint density at radius 3 is 2.62 bits per heavy atom. The lowest BCUT2D eigenvalue weighted by molar-refractivity contribution is -0.111. The third-order valence-corrected chi connectivity index (χ3v) is 6.16. The second kappa shape index (κ2) is 12.5. The van der Waals surface area contributed by atoms with Crippen LogP contribution in [0.5, 0.6) is 11.5 Å². The number of nitrogens with zero attached hydrogens (tertiary/aromatic N) is 3. The number of hydrogen-bond acceptors (Lipinski definition) is 7. The number of benzene rings is 3. The van der Waals surface area contributed by atoms with Crippen molar-refractivity contribution in [1.29, 1.82) is 5.26 Å². The summed E-state index contributed by atoms with van der Waals surface area (Å²) in [5.74, 6) is -0.0499. The third-order valence-electron chi connectivity index (χ3n) is 5.61. The summed E-state index contributed by atoms with van der Waals surface area (Å²) in [6.07, 6.45) is 4.52. The van der Waals surface area contributed by atoms with E-state index in [1.165, 1.54) is 18.3 Å². The predicted molar refractivity (Wildman–Crippen MR) is 155 cm³/mol. The quantitative estimate of drug-likeness (QED) is 0.158. The summed E-state index contributed by atoms with van der Waals surface area (Å²) >= 11 is 12.4. The number of anilines is 3. The van der Waals surface area contributed by atoms with Gasteiger partial charge in [-0.1, -0.05) is 41.4 Å². The minimum absolute atomic E-state index is 0.148. The monoisotopic (exact) mass is 561 g/mol. The molecule has 198 valence electrons. The fourth-order valence-corrected chi connectivity index (χ4v) is 4.04. The molecule has 0 aliphatic carbocycles. The minimum atomic E-state index is -0.397. The Labute approximate surface area is 236 Å². The van der Waals surface area contributed by atoms with Gasteiger partial charge in [0.25, 0.3) is 0 Å². The van der Waals surface area contributed by atoms with Gasteiger partial charge in [0, 0.05) is 41.0 Å². The smallest absolute Gasteiger partial charge is 0.248 e. The van der Waals surface area contributed by atoms with E-state index in [1.54, 1.807) is 42.5 Å². The number of aromatic nitrogens is 1. The number of fused-ring (bicyclic) bond motifs is 1. The Balaban J connectivity index is 1.59. The number of likely N-dealkylation sites (N-methyl/N-ethyl adjacent to an activating group) is 1. The molecule has 0 fully saturated rings. The van der Waals surface area contributed by atoms with Crippen LogP contribution in [0.15, 0.2) is 72.9 Å². The van der Waals surface area contributed by atoms with Crippen LogP contribution in [0.1, 0.15) is 11.1 Å². The van der Waals surface area contributed by atoms with Crippen LogP contribution in [-0.2, 0) is 11.4 Å². The van der Waals surface area contributed by atoms with Gasteiger partial charge < -0.3 is 25.4 Å². The van der Waals surface area contributed by atoms with Gasteiger partial charge in [-0.25, -0.2) is 0 Å². The summed E-state index contributed by atoms with van der Waals surface area (Å²) in [5, 5.41) is 27.7. The lowest BCUT2D eigenvalue weighted by Gasteiger charge is -2.15. The molecule has 1 amide bonds. The summed E-state index contributed by atoms with van der Waals surface area (Å²) in [6, 6.07) is 17.7. The zero-order valence-corrected chi connectivity index (χ0v) is 22.7. The van der Waals surface area contributed by atoms with Crippen molar-refractivity contribution in [3.63, 3.8) is 0 Å². The van der Waals surface area contributed by atoms with E-state index in [-0.39, 0.29) is 17.0 Å². The van der Waals surface area contributed by atoms with Crippen LogP contribution in [-0.4, -0.2) is 41.5 Å². The second-order valence-corrected chi connectivity index (χ2v) is 9.73. The number of carbonyl (C=O) groups is 1. The van der Waals surface area contributed by atoms with Gasteiger partial charge in [0.15, 0.2) is 0 Å². The molecule has 4 aromatic rings. The summed E-state index contributed by atoms with van der Waals surface area (Å²) in [7, 11) is 3.78. The highest BCUT2D eigenvalue weighted by Crippen LogP contribution is 2.37. The number of phenolic OH excluding ortho intramolecular Hbond substituents is 1. The minimum Gasteiger partial charge on any atom is -0.506 e. The van der Waals surface area contributed by atoms with Crippen molar-refractivity contribution in [3.05, 3.63) is 94.1 Å². The molecule has 1 heterocycles. The van der Waals surface area contributed by atoms with E-state index in [0.717, 1.165) is 5.56 Å². The highest BCUT2D eigenvalue weighted by atomic mass is 35.5. The molecule has 3 aromatic carbocycles. The van der Waals surface area contributed by atoms with E-state index in [4.69, 9.17) is 27.9 Å². The van der Waals surface area contributed by atoms with Gasteiger partial charge in [0.1, 0.15) is 24.2 Å². The molecule has 3 N–H and O–H groups in total. The van der Waals surface area contributed by atoms with Crippen LogP contribution in [0.3, 0.4) is 0 Å². The first-order valence-electron chi connectivity index (χ1n) is 11.9. The highest BCUT2D eigenvalue weighted by molar-refractivity contribution is 6.32. The van der Waals surface area contributed by atoms with Crippen LogP contribution >= 0.6 is 23.2 Å². The molecule has 10 heteroatoms. The van der Waals surface area contributed by atoms with Gasteiger partial charge >= 0.3 is 0 Å². The number of amides is 1. The number of phenols is 1. The first-order valence-corrected chi connectivity index (χ1v) is 12.6. The summed E-state index contributed by atoms with van der Waals surface area (Å²) in [4.78, 5) is 18.6. The molecule has 0 radical (unpaired) electrons. The van der Waals surface area contributed by atoms with Crippen LogP contribution in [0, 0.1) is 11.3 Å². The number of hydrogen-bond donors (Lipinski definition) is 3. The van der Waals surface area contributed by atoms with Crippen molar-refractivity contribution < 1.29 is 14.6 Å². The van der Waals surface area contributed by atoms with Crippen molar-refractivity contribution >= 4 is 57.1 Å². The summed E-state index contributed by atoms with van der Waals surface area (Å²) in [6.45, 7) is 0.910. The van der Waals surface area contributed by atoms with Gasteiger partial charge in [-0.3, -0.25) is 9.78 Å². The number of rotatable bonds is 9. The molecular formula is C29H25Cl2N5O3. The molecule has 0 aliphatic rings. The van der Waals surface area contributed by atoms with Gasteiger partial charge in [0.05, 0.1) is 27.5 Å². The van der Waals surface area contributed by atoms with Crippen molar-refractivity contribution in [2.45, 2.75) is 6.61 Å². The van der Waals surface area contributed by atoms with Crippen molar-refractivity contribution in [1.82, 2.24) is 9.88 Å². The zero-order chi connectivity index (χ0) is 27.9. The summed E-state index contributed by atoms with van der Waals surface area (Å²) < 4.78 is 5.85. The molecule has 4 rings (SSSR count). The number of aromatic hydroxyl groups is 1. The third kappa shape index (κ3) is 7.18. The van der Waals surface area contributed by atoms with E-state index in [9.17, 15) is 15.2 Å². The van der Waals surface area contributed by atoms with Gasteiger partial charge in [-0.15, -0.1) is 0 Å². The Morgan fingerprint density at radius 1 is 1.15 bits per heavy atom. The Morgan fingerprint density at radius 2 is 1.92 bits per heavy atom. The molecule has 0 spiro atoms. The number of pyridine rings is 1. The number of nitrogens with one attached hydrogen (secondary N) is 2. The van der Waals surface area contributed by atoms with E-state index in [1.807, 2.05) is 31.1 Å². The fraction of sp³-hybridized carbons (Fsp3) is 0.138. The van der Waals surface area contributed by atoms with Gasteiger partial charge in [-0.2, -0.15) is 5.26 Å². The Kier molecular flexibility index (Phi) is 8.89. The molecule has 0 bridgehead atoms. The van der Waals surface area contributed by atoms with E-state index < -0.39 is 5.91 Å². The maximum atomic E-state index is 12.4. The van der Waals surface area contributed by atoms with Crippen LogP contribution in [0.25, 0.3) is 10.9 Å². The first kappa shape index (κ1) is 27.7. The number of nitriles is 1. The van der Waals surface area contributed by atoms with Gasteiger partial charge in [-0.05, 0) is 56.1 Å². The molecular weight excluding hydrogens is 537 g/mol. The molecule has 0 saturated heterocycles. The topological polar surface area (TPSA) is 111 Å². The Hall–Kier alpha value is -4.29. The average Bonchev–Trinajstić information content (AvgIpc) is 2.90. The lowest BCUT2D eigenvalue weighted by atomic mass is 10.1. The Bertz CT molecular complexity index is 1580. The van der Waals surface area contributed by atoms with Crippen molar-refractivity contribution in [3.8, 4) is 17.6 Å². The van der Waals surface area contributed by atoms with Gasteiger partial charge in [0.2, 0.25) is 5.91 Å². The molecule has 0 aliphatic heterocycles. The molecule has 0 unspecified atom stereocenters. The fourth-order valence-electron chi connectivity index (χ4n) is 3.67. The van der Waals surface area contributed by atoms with Crippen molar-refractivity contribution in [2.24, 2.45) is 0 Å². The average molecular weight is 562 g/mol. The van der Waals surface area contributed by atoms with E-state index >= 15 is 0 Å². The van der Waals surface area contributed by atoms with Crippen molar-refractivity contribution in [2.75, 3.05) is 31.3 Å². The zero-order valence-electron chi connectivity index (χ0n) is 21.2. The van der Waals surface area contributed by atoms with Crippen LogP contribution in [0.2, 0.25) is 10.0 Å². The highest BCUT2D eigenvalue weighted by Gasteiger charge is 2.15. The molecule has 8 nitrogen and oxygen atoms in total. The van der Waals surface area contributed by atoms with E-state index in [2.05, 4.69) is 21.7 Å². The standard InChI is InChI=1S/C29H25Cl2N5O3/c1-36(2)11-3-4-28(38)35-25-13-22-24(14-26(25)37)33-16-19(15-32)29(22)34-21-9-10-27(23(31)12-21)39-17-18-5-7-20(30)8-6-18/h3-10,12-14,16,37H,11,17H2,1-2H3,(H,33,34)(H,35,38)/b4-3+. The van der Waals surface area contributed by atoms with E-state index in [0.29, 0.717) is 51.2 Å². The summed E-state index contributed by atoms with van der Waals surface area (Å²) in [5.41, 5.74) is 2.89. The normalized spacial score (nSPS) is 11.1. The van der Waals surface area contributed by atoms with Crippen LogP contribution in [0.4, 0.5) is 17.1 Å². The lowest BCUT2D eigenvalue weighted by Crippen LogP contribution is -2.13. The maximum Gasteiger partial charge on any atom is 0.248 e. The molecule has 39 heavy (non-hydrogen) atoms. The maximum absolute atomic E-state index is 12.4. The first-order chi connectivity index (χ1) is 18.7. The second-order valence-electron chi connectivity index (χ2n) is 8.88. The van der Waals surface area contributed by atoms with Crippen LogP contribution < -0.4 is 15.4 Å². The predicted octanol–water partition coefficient (Wildman–Crippen LogP) is 6.50. The number of halogens is 2. The molecule has 1 aromatic heterocycles. The number of ether oxygens (including phenoxy) is 1. The number of carbonyl (C=O) groups excluding carboxylic acids is 1. The molecule has 0 atom stereocenters. The molecule has 0 saturated carbocycles.